The van der Waals surface area contributed by atoms with Crippen LogP contribution in [0.3, 0.4) is 0 Å². The zero-order valence-corrected chi connectivity index (χ0v) is 13.2. The number of carbonyl (C=O) groups is 3. The molecular weight excluding hydrogens is 284 g/mol. The van der Waals surface area contributed by atoms with Gasteiger partial charge in [0, 0.05) is 25.6 Å². The van der Waals surface area contributed by atoms with Crippen LogP contribution in [0.15, 0.2) is 0 Å². The molecule has 0 aromatic rings. The zero-order valence-electron chi connectivity index (χ0n) is 13.2. The smallest absolute Gasteiger partial charge is 0.324 e. The Balaban J connectivity index is 1.61. The molecule has 1 aliphatic carbocycles. The number of imide groups is 1. The molecule has 7 nitrogen and oxygen atoms in total. The fourth-order valence-corrected chi connectivity index (χ4v) is 3.45. The third-order valence-electron chi connectivity index (χ3n) is 5.05. The van der Waals surface area contributed by atoms with E-state index in [1.807, 2.05) is 0 Å². The summed E-state index contributed by atoms with van der Waals surface area (Å²) in [4.78, 5) is 39.3. The Bertz CT molecular complexity index is 505. The molecule has 1 saturated carbocycles. The minimum absolute atomic E-state index is 0.0383. The summed E-state index contributed by atoms with van der Waals surface area (Å²) in [7, 11) is 1.51. The summed E-state index contributed by atoms with van der Waals surface area (Å²) in [6, 6.07) is 0.0334. The van der Waals surface area contributed by atoms with Gasteiger partial charge in [0.2, 0.25) is 5.91 Å². The van der Waals surface area contributed by atoms with Crippen LogP contribution in [0.1, 0.15) is 32.6 Å². The monoisotopic (exact) mass is 308 g/mol. The maximum atomic E-state index is 12.4. The molecule has 4 amide bonds. The van der Waals surface area contributed by atoms with Crippen LogP contribution in [0.4, 0.5) is 4.79 Å². The molecule has 0 aromatic carbocycles. The van der Waals surface area contributed by atoms with Gasteiger partial charge in [0.25, 0.3) is 5.91 Å². The first-order valence-electron chi connectivity index (χ1n) is 8.02. The molecule has 0 spiro atoms. The van der Waals surface area contributed by atoms with E-state index in [4.69, 9.17) is 0 Å². The number of rotatable bonds is 4. The average molecular weight is 308 g/mol. The van der Waals surface area contributed by atoms with E-state index in [2.05, 4.69) is 15.5 Å². The summed E-state index contributed by atoms with van der Waals surface area (Å²) in [5.41, 5.74) is -0.850. The highest BCUT2D eigenvalue weighted by Crippen LogP contribution is 2.31. The highest BCUT2D eigenvalue weighted by atomic mass is 16.2. The van der Waals surface area contributed by atoms with E-state index in [0.717, 1.165) is 37.1 Å². The van der Waals surface area contributed by atoms with Gasteiger partial charge in [0.05, 0.1) is 6.54 Å². The van der Waals surface area contributed by atoms with Crippen molar-refractivity contribution in [2.75, 3.05) is 26.7 Å². The Labute approximate surface area is 130 Å². The van der Waals surface area contributed by atoms with Crippen LogP contribution in [0.5, 0.6) is 0 Å². The predicted octanol–water partition coefficient (Wildman–Crippen LogP) is -0.0827. The van der Waals surface area contributed by atoms with Crippen molar-refractivity contribution >= 4 is 17.8 Å². The second-order valence-electron chi connectivity index (χ2n) is 6.91. The minimum atomic E-state index is -0.850. The van der Waals surface area contributed by atoms with Gasteiger partial charge in [0.1, 0.15) is 5.54 Å². The van der Waals surface area contributed by atoms with Gasteiger partial charge in [-0.2, -0.15) is 0 Å². The molecule has 0 aromatic heterocycles. The van der Waals surface area contributed by atoms with Gasteiger partial charge in [-0.1, -0.05) is 0 Å². The molecule has 0 bridgehead atoms. The molecule has 3 rings (SSSR count). The van der Waals surface area contributed by atoms with E-state index in [9.17, 15) is 14.4 Å². The fourth-order valence-electron chi connectivity index (χ4n) is 3.45. The first-order valence-corrected chi connectivity index (χ1v) is 8.02. The predicted molar refractivity (Wildman–Crippen MR) is 80.0 cm³/mol. The summed E-state index contributed by atoms with van der Waals surface area (Å²) in [6.07, 6.45) is 3.99. The van der Waals surface area contributed by atoms with Gasteiger partial charge in [-0.3, -0.25) is 19.4 Å². The number of urea groups is 1. The number of piperidine rings is 1. The largest absolute Gasteiger partial charge is 0.352 e. The number of amides is 4. The van der Waals surface area contributed by atoms with Crippen LogP contribution in [0.2, 0.25) is 0 Å². The molecule has 22 heavy (non-hydrogen) atoms. The number of likely N-dealkylation sites (tertiary alicyclic amines) is 1. The molecule has 3 fully saturated rings. The van der Waals surface area contributed by atoms with Crippen LogP contribution in [0.25, 0.3) is 0 Å². The molecule has 2 heterocycles. The van der Waals surface area contributed by atoms with Gasteiger partial charge in [0.15, 0.2) is 0 Å². The zero-order chi connectivity index (χ0) is 15.9. The SMILES string of the molecule is CN1C(=O)N[C@](C)([C@@H]2CCCN(CC(=O)NC3CC3)C2)C1=O. The number of nitrogens with zero attached hydrogens (tertiary/aromatic N) is 2. The van der Waals surface area contributed by atoms with E-state index in [-0.39, 0.29) is 23.8 Å². The van der Waals surface area contributed by atoms with Crippen LogP contribution in [-0.2, 0) is 9.59 Å². The summed E-state index contributed by atoms with van der Waals surface area (Å²) in [5, 5.41) is 5.82. The number of likely N-dealkylation sites (N-methyl/N-ethyl adjacent to an activating group) is 1. The van der Waals surface area contributed by atoms with Crippen LogP contribution in [0, 0.1) is 5.92 Å². The van der Waals surface area contributed by atoms with Gasteiger partial charge in [-0.25, -0.2) is 4.79 Å². The Hall–Kier alpha value is -1.63. The molecule has 2 atom stereocenters. The highest BCUT2D eigenvalue weighted by molar-refractivity contribution is 6.06. The molecule has 7 heteroatoms. The number of hydrogen-bond donors (Lipinski definition) is 2. The molecular formula is C15H24N4O3. The van der Waals surface area contributed by atoms with Gasteiger partial charge < -0.3 is 10.6 Å². The van der Waals surface area contributed by atoms with Crippen molar-refractivity contribution in [1.82, 2.24) is 20.4 Å². The summed E-state index contributed by atoms with van der Waals surface area (Å²) in [6.45, 7) is 3.70. The van der Waals surface area contributed by atoms with Crippen LogP contribution in [-0.4, -0.2) is 65.9 Å². The van der Waals surface area contributed by atoms with E-state index in [0.29, 0.717) is 19.1 Å². The van der Waals surface area contributed by atoms with Crippen molar-refractivity contribution in [3.05, 3.63) is 0 Å². The average Bonchev–Trinajstić information content (AvgIpc) is 3.25. The summed E-state index contributed by atoms with van der Waals surface area (Å²) >= 11 is 0. The lowest BCUT2D eigenvalue weighted by Crippen LogP contribution is -2.56. The first kappa shape index (κ1) is 15.3. The molecule has 2 N–H and O–H groups in total. The maximum Gasteiger partial charge on any atom is 0.324 e. The Morgan fingerprint density at radius 3 is 2.68 bits per heavy atom. The van der Waals surface area contributed by atoms with E-state index in [1.54, 1.807) is 6.92 Å². The summed E-state index contributed by atoms with van der Waals surface area (Å²) < 4.78 is 0. The standard InChI is InChI=1S/C15H24N4O3/c1-15(13(21)18(2)14(22)17-15)10-4-3-7-19(8-10)9-12(20)16-11-5-6-11/h10-11H,3-9H2,1-2H3,(H,16,20)(H,17,22)/t10-,15-/m1/s1. The molecule has 0 radical (unpaired) electrons. The second kappa shape index (κ2) is 5.53. The lowest BCUT2D eigenvalue weighted by atomic mass is 9.80. The Morgan fingerprint density at radius 2 is 2.09 bits per heavy atom. The fraction of sp³-hybridized carbons (Fsp3) is 0.800. The summed E-state index contributed by atoms with van der Waals surface area (Å²) in [5.74, 6) is -0.0737. The molecule has 2 aliphatic heterocycles. The number of nitrogens with one attached hydrogen (secondary N) is 2. The van der Waals surface area contributed by atoms with Crippen molar-refractivity contribution in [2.24, 2.45) is 5.92 Å². The van der Waals surface area contributed by atoms with Gasteiger partial charge >= 0.3 is 6.03 Å². The molecule has 0 unspecified atom stereocenters. The quantitative estimate of drug-likeness (QED) is 0.712. The highest BCUT2D eigenvalue weighted by Gasteiger charge is 2.51. The second-order valence-corrected chi connectivity index (χ2v) is 6.91. The van der Waals surface area contributed by atoms with E-state index < -0.39 is 5.54 Å². The van der Waals surface area contributed by atoms with Crippen molar-refractivity contribution in [2.45, 2.75) is 44.2 Å². The molecule has 2 saturated heterocycles. The van der Waals surface area contributed by atoms with Gasteiger partial charge in [-0.15, -0.1) is 0 Å². The van der Waals surface area contributed by atoms with Crippen molar-refractivity contribution in [1.29, 1.82) is 0 Å². The van der Waals surface area contributed by atoms with E-state index in [1.165, 1.54) is 7.05 Å². The van der Waals surface area contributed by atoms with Gasteiger partial charge in [-0.05, 0) is 39.2 Å². The lowest BCUT2D eigenvalue weighted by Gasteiger charge is -2.39. The number of carbonyl (C=O) groups excluding carboxylic acids is 3. The van der Waals surface area contributed by atoms with Crippen molar-refractivity contribution in [3.63, 3.8) is 0 Å². The van der Waals surface area contributed by atoms with Crippen molar-refractivity contribution < 1.29 is 14.4 Å². The molecule has 3 aliphatic rings. The number of hydrogen-bond acceptors (Lipinski definition) is 4. The maximum absolute atomic E-state index is 12.4. The van der Waals surface area contributed by atoms with Crippen LogP contribution >= 0.6 is 0 Å². The minimum Gasteiger partial charge on any atom is -0.352 e. The normalized spacial score (nSPS) is 33.0. The lowest BCUT2D eigenvalue weighted by molar-refractivity contribution is -0.132. The Kier molecular flexibility index (Phi) is 3.84. The van der Waals surface area contributed by atoms with E-state index >= 15 is 0 Å². The van der Waals surface area contributed by atoms with Crippen molar-refractivity contribution in [3.8, 4) is 0 Å². The third kappa shape index (κ3) is 2.82. The third-order valence-corrected chi connectivity index (χ3v) is 5.05. The Morgan fingerprint density at radius 1 is 1.36 bits per heavy atom. The molecule has 122 valence electrons. The van der Waals surface area contributed by atoms with Crippen LogP contribution < -0.4 is 10.6 Å². The first-order chi connectivity index (χ1) is 10.4. The topological polar surface area (TPSA) is 81.8 Å².